The van der Waals surface area contributed by atoms with Crippen LogP contribution in [0.2, 0.25) is 0 Å². The van der Waals surface area contributed by atoms with Gasteiger partial charge in [0.05, 0.1) is 18.6 Å². The van der Waals surface area contributed by atoms with E-state index in [9.17, 15) is 5.26 Å². The average Bonchev–Trinajstić information content (AvgIpc) is 2.56. The molecule has 23 heavy (non-hydrogen) atoms. The van der Waals surface area contributed by atoms with E-state index in [1.807, 2.05) is 44.4 Å². The molecular formula is C20H24N2O. The zero-order valence-corrected chi connectivity index (χ0v) is 14.1. The second-order valence-corrected chi connectivity index (χ2v) is 5.97. The minimum Gasteiger partial charge on any atom is -0.494 e. The standard InChI is InChI=1S/C20H24N2O/c1-16-9-11-17(12-10-16)18(15-21)6-5-13-23-20-8-4-7-19(14-20)22(2)3/h4,7-12,14,18H,5-6,13H2,1-3H3. The molecule has 0 fully saturated rings. The molecule has 0 N–H and O–H groups in total. The Balaban J connectivity index is 1.83. The number of aryl methyl sites for hydroxylation is 1. The second-order valence-electron chi connectivity index (χ2n) is 5.97. The molecule has 120 valence electrons. The Kier molecular flexibility index (Phi) is 6.05. The number of anilines is 1. The third-order valence-corrected chi connectivity index (χ3v) is 3.88. The molecule has 0 aromatic heterocycles. The van der Waals surface area contributed by atoms with E-state index in [0.29, 0.717) is 6.61 Å². The van der Waals surface area contributed by atoms with Gasteiger partial charge in [-0.15, -0.1) is 0 Å². The Morgan fingerprint density at radius 3 is 2.52 bits per heavy atom. The zero-order valence-electron chi connectivity index (χ0n) is 14.1. The van der Waals surface area contributed by atoms with Gasteiger partial charge in [0.15, 0.2) is 0 Å². The highest BCUT2D eigenvalue weighted by Crippen LogP contribution is 2.22. The van der Waals surface area contributed by atoms with Gasteiger partial charge < -0.3 is 9.64 Å². The van der Waals surface area contributed by atoms with Crippen LogP contribution in [0.25, 0.3) is 0 Å². The molecule has 0 radical (unpaired) electrons. The number of rotatable bonds is 7. The van der Waals surface area contributed by atoms with Crippen molar-refractivity contribution in [3.63, 3.8) is 0 Å². The van der Waals surface area contributed by atoms with Crippen molar-refractivity contribution in [3.8, 4) is 11.8 Å². The minimum atomic E-state index is -0.0627. The Labute approximate surface area is 139 Å². The fourth-order valence-corrected chi connectivity index (χ4v) is 2.43. The Hall–Kier alpha value is -2.47. The Bertz CT molecular complexity index is 656. The molecule has 1 atom stereocenters. The molecular weight excluding hydrogens is 284 g/mol. The molecule has 0 saturated heterocycles. The van der Waals surface area contributed by atoms with Gasteiger partial charge in [-0.05, 0) is 37.5 Å². The lowest BCUT2D eigenvalue weighted by molar-refractivity contribution is 0.305. The smallest absolute Gasteiger partial charge is 0.121 e. The van der Waals surface area contributed by atoms with Crippen molar-refractivity contribution in [2.45, 2.75) is 25.7 Å². The van der Waals surface area contributed by atoms with Crippen molar-refractivity contribution < 1.29 is 4.74 Å². The predicted molar refractivity (Wildman–Crippen MR) is 95.0 cm³/mol. The molecule has 0 aliphatic carbocycles. The first-order valence-corrected chi connectivity index (χ1v) is 7.96. The number of hydrogen-bond donors (Lipinski definition) is 0. The van der Waals surface area contributed by atoms with Crippen LogP contribution in [-0.2, 0) is 0 Å². The van der Waals surface area contributed by atoms with Gasteiger partial charge in [0, 0.05) is 25.8 Å². The monoisotopic (exact) mass is 308 g/mol. The van der Waals surface area contributed by atoms with Crippen LogP contribution in [-0.4, -0.2) is 20.7 Å². The molecule has 0 heterocycles. The molecule has 0 amide bonds. The second kappa shape index (κ2) is 8.24. The number of nitriles is 1. The molecule has 0 saturated carbocycles. The highest BCUT2D eigenvalue weighted by Gasteiger charge is 2.10. The van der Waals surface area contributed by atoms with Gasteiger partial charge in [-0.3, -0.25) is 0 Å². The first-order valence-electron chi connectivity index (χ1n) is 7.96. The minimum absolute atomic E-state index is 0.0627. The Morgan fingerprint density at radius 1 is 1.13 bits per heavy atom. The van der Waals surface area contributed by atoms with Gasteiger partial charge in [0.1, 0.15) is 5.75 Å². The topological polar surface area (TPSA) is 36.3 Å². The molecule has 0 aliphatic heterocycles. The lowest BCUT2D eigenvalue weighted by Gasteiger charge is -2.14. The molecule has 0 aliphatic rings. The van der Waals surface area contributed by atoms with Gasteiger partial charge in [0.25, 0.3) is 0 Å². The SMILES string of the molecule is Cc1ccc(C(C#N)CCCOc2cccc(N(C)C)c2)cc1. The van der Waals surface area contributed by atoms with Crippen LogP contribution >= 0.6 is 0 Å². The largest absolute Gasteiger partial charge is 0.494 e. The fraction of sp³-hybridized carbons (Fsp3) is 0.350. The quantitative estimate of drug-likeness (QED) is 0.705. The molecule has 2 rings (SSSR count). The van der Waals surface area contributed by atoms with Crippen LogP contribution in [0.4, 0.5) is 5.69 Å². The van der Waals surface area contributed by atoms with Gasteiger partial charge in [-0.25, -0.2) is 0 Å². The number of hydrogen-bond acceptors (Lipinski definition) is 3. The summed E-state index contributed by atoms with van der Waals surface area (Å²) in [4.78, 5) is 2.05. The maximum absolute atomic E-state index is 9.37. The fourth-order valence-electron chi connectivity index (χ4n) is 2.43. The maximum atomic E-state index is 9.37. The van der Waals surface area contributed by atoms with Crippen molar-refractivity contribution in [2.24, 2.45) is 0 Å². The first-order chi connectivity index (χ1) is 11.1. The summed E-state index contributed by atoms with van der Waals surface area (Å²) in [5.74, 6) is 0.812. The van der Waals surface area contributed by atoms with E-state index in [4.69, 9.17) is 4.74 Å². The van der Waals surface area contributed by atoms with E-state index in [1.54, 1.807) is 0 Å². The predicted octanol–water partition coefficient (Wildman–Crippen LogP) is 4.53. The lowest BCUT2D eigenvalue weighted by Crippen LogP contribution is -2.08. The summed E-state index contributed by atoms with van der Waals surface area (Å²) < 4.78 is 5.81. The molecule has 1 unspecified atom stereocenters. The van der Waals surface area contributed by atoms with E-state index in [2.05, 4.69) is 36.1 Å². The van der Waals surface area contributed by atoms with E-state index < -0.39 is 0 Å². The van der Waals surface area contributed by atoms with Gasteiger partial charge in [-0.1, -0.05) is 35.9 Å². The first kappa shape index (κ1) is 16.9. The van der Waals surface area contributed by atoms with Crippen molar-refractivity contribution >= 4 is 5.69 Å². The summed E-state index contributed by atoms with van der Waals surface area (Å²) in [5.41, 5.74) is 3.43. The van der Waals surface area contributed by atoms with Crippen LogP contribution in [0.5, 0.6) is 5.75 Å². The van der Waals surface area contributed by atoms with Crippen LogP contribution in [0.15, 0.2) is 48.5 Å². The normalized spacial score (nSPS) is 11.6. The van der Waals surface area contributed by atoms with Crippen LogP contribution in [0, 0.1) is 18.3 Å². The number of ether oxygens (including phenoxy) is 1. The Morgan fingerprint density at radius 2 is 1.87 bits per heavy atom. The third kappa shape index (κ3) is 5.03. The van der Waals surface area contributed by atoms with Gasteiger partial charge in [-0.2, -0.15) is 5.26 Å². The van der Waals surface area contributed by atoms with Crippen LogP contribution < -0.4 is 9.64 Å². The summed E-state index contributed by atoms with van der Waals surface area (Å²) in [5, 5.41) is 9.37. The number of benzene rings is 2. The van der Waals surface area contributed by atoms with Crippen molar-refractivity contribution in [1.82, 2.24) is 0 Å². The molecule has 3 nitrogen and oxygen atoms in total. The highest BCUT2D eigenvalue weighted by molar-refractivity contribution is 5.49. The summed E-state index contributed by atoms with van der Waals surface area (Å²) in [6, 6.07) is 18.7. The summed E-state index contributed by atoms with van der Waals surface area (Å²) >= 11 is 0. The van der Waals surface area contributed by atoms with Gasteiger partial charge in [0.2, 0.25) is 0 Å². The molecule has 0 bridgehead atoms. The maximum Gasteiger partial charge on any atom is 0.121 e. The van der Waals surface area contributed by atoms with Crippen molar-refractivity contribution in [2.75, 3.05) is 25.6 Å². The van der Waals surface area contributed by atoms with E-state index >= 15 is 0 Å². The van der Waals surface area contributed by atoms with E-state index in [1.165, 1.54) is 5.56 Å². The average molecular weight is 308 g/mol. The van der Waals surface area contributed by atoms with Crippen molar-refractivity contribution in [3.05, 3.63) is 59.7 Å². The molecule has 0 spiro atoms. The lowest BCUT2D eigenvalue weighted by atomic mass is 9.95. The summed E-state index contributed by atoms with van der Waals surface area (Å²) in [6.07, 6.45) is 1.67. The highest BCUT2D eigenvalue weighted by atomic mass is 16.5. The van der Waals surface area contributed by atoms with Gasteiger partial charge >= 0.3 is 0 Å². The van der Waals surface area contributed by atoms with Crippen LogP contribution in [0.1, 0.15) is 29.9 Å². The van der Waals surface area contributed by atoms with E-state index in [-0.39, 0.29) is 5.92 Å². The van der Waals surface area contributed by atoms with Crippen molar-refractivity contribution in [1.29, 1.82) is 5.26 Å². The zero-order chi connectivity index (χ0) is 16.7. The molecule has 3 heteroatoms. The summed E-state index contributed by atoms with van der Waals surface area (Å²) in [6.45, 7) is 2.68. The molecule has 2 aromatic rings. The number of nitrogens with zero attached hydrogens (tertiary/aromatic N) is 2. The van der Waals surface area contributed by atoms with E-state index in [0.717, 1.165) is 29.8 Å². The third-order valence-electron chi connectivity index (χ3n) is 3.88. The molecule has 2 aromatic carbocycles. The summed E-state index contributed by atoms with van der Waals surface area (Å²) in [7, 11) is 4.02. The van der Waals surface area contributed by atoms with Crippen LogP contribution in [0.3, 0.4) is 0 Å².